The summed E-state index contributed by atoms with van der Waals surface area (Å²) in [5, 5.41) is 3.54. The van der Waals surface area contributed by atoms with Gasteiger partial charge in [0.25, 0.3) is 0 Å². The minimum Gasteiger partial charge on any atom is -0.493 e. The maximum atomic E-state index is 5.95. The molecule has 2 aromatic carbocycles. The highest BCUT2D eigenvalue weighted by atomic mass is 16.5. The van der Waals surface area contributed by atoms with Crippen molar-refractivity contribution in [1.29, 1.82) is 0 Å². The standard InChI is InChI=1S/C18H19NO/c1-2-4-13(5-3-1)14-6-7-18-16(10-14)17-12-19-11-15(17)8-9-20-18/h1-7,10,15,17,19H,8-9,11-12H2. The molecular formula is C18H19NO. The Morgan fingerprint density at radius 2 is 1.85 bits per heavy atom. The van der Waals surface area contributed by atoms with Gasteiger partial charge in [-0.2, -0.15) is 0 Å². The zero-order valence-electron chi connectivity index (χ0n) is 11.5. The average molecular weight is 265 g/mol. The Balaban J connectivity index is 1.79. The van der Waals surface area contributed by atoms with Gasteiger partial charge in [0.2, 0.25) is 0 Å². The Morgan fingerprint density at radius 3 is 2.75 bits per heavy atom. The molecule has 0 saturated carbocycles. The van der Waals surface area contributed by atoms with Crippen molar-refractivity contribution in [1.82, 2.24) is 5.32 Å². The van der Waals surface area contributed by atoms with E-state index in [4.69, 9.17) is 4.74 Å². The van der Waals surface area contributed by atoms with E-state index in [1.165, 1.54) is 16.7 Å². The summed E-state index contributed by atoms with van der Waals surface area (Å²) in [6.07, 6.45) is 1.16. The van der Waals surface area contributed by atoms with E-state index >= 15 is 0 Å². The molecule has 1 fully saturated rings. The Kier molecular flexibility index (Phi) is 2.96. The molecule has 0 bridgehead atoms. The minimum atomic E-state index is 0.608. The van der Waals surface area contributed by atoms with Gasteiger partial charge in [-0.25, -0.2) is 0 Å². The van der Waals surface area contributed by atoms with Crippen LogP contribution in [0.25, 0.3) is 11.1 Å². The van der Waals surface area contributed by atoms with Crippen LogP contribution in [0.5, 0.6) is 5.75 Å². The summed E-state index contributed by atoms with van der Waals surface area (Å²) in [6.45, 7) is 3.06. The van der Waals surface area contributed by atoms with Crippen LogP contribution in [0.15, 0.2) is 48.5 Å². The second kappa shape index (κ2) is 4.95. The van der Waals surface area contributed by atoms with E-state index in [-0.39, 0.29) is 0 Å². The quantitative estimate of drug-likeness (QED) is 0.853. The molecule has 0 aromatic heterocycles. The molecule has 1 N–H and O–H groups in total. The first-order valence-electron chi connectivity index (χ1n) is 7.45. The summed E-state index contributed by atoms with van der Waals surface area (Å²) < 4.78 is 5.95. The second-order valence-electron chi connectivity index (χ2n) is 5.78. The molecule has 0 amide bonds. The van der Waals surface area contributed by atoms with Crippen molar-refractivity contribution in [2.45, 2.75) is 12.3 Å². The normalized spacial score (nSPS) is 24.4. The molecule has 102 valence electrons. The molecule has 2 nitrogen and oxygen atoms in total. The van der Waals surface area contributed by atoms with Crippen molar-refractivity contribution in [2.75, 3.05) is 19.7 Å². The van der Waals surface area contributed by atoms with E-state index < -0.39 is 0 Å². The fourth-order valence-electron chi connectivity index (χ4n) is 3.50. The molecule has 2 heteroatoms. The van der Waals surface area contributed by atoms with Gasteiger partial charge in [0.1, 0.15) is 5.75 Å². The highest BCUT2D eigenvalue weighted by Crippen LogP contribution is 2.40. The molecule has 0 aliphatic carbocycles. The van der Waals surface area contributed by atoms with Crippen LogP contribution in [0.1, 0.15) is 17.9 Å². The first kappa shape index (κ1) is 12.0. The third-order valence-corrected chi connectivity index (χ3v) is 4.60. The molecule has 2 heterocycles. The molecule has 1 saturated heterocycles. The van der Waals surface area contributed by atoms with Crippen LogP contribution < -0.4 is 10.1 Å². The zero-order valence-corrected chi connectivity index (χ0v) is 11.5. The Hall–Kier alpha value is -1.80. The third-order valence-electron chi connectivity index (χ3n) is 4.60. The number of hydrogen-bond acceptors (Lipinski definition) is 2. The molecule has 4 rings (SSSR count). The SMILES string of the molecule is c1ccc(-c2ccc3c(c2)C2CNCC2CCO3)cc1. The maximum Gasteiger partial charge on any atom is 0.122 e. The van der Waals surface area contributed by atoms with Gasteiger partial charge < -0.3 is 10.1 Å². The molecule has 0 spiro atoms. The van der Waals surface area contributed by atoms with Gasteiger partial charge in [-0.15, -0.1) is 0 Å². The van der Waals surface area contributed by atoms with E-state index in [0.717, 1.165) is 37.8 Å². The van der Waals surface area contributed by atoms with Crippen LogP contribution in [-0.2, 0) is 0 Å². The number of fused-ring (bicyclic) bond motifs is 3. The third kappa shape index (κ3) is 2.01. The Bertz CT molecular complexity index is 608. The Labute approximate surface area is 119 Å². The topological polar surface area (TPSA) is 21.3 Å². The lowest BCUT2D eigenvalue weighted by atomic mass is 9.86. The van der Waals surface area contributed by atoms with Gasteiger partial charge in [-0.3, -0.25) is 0 Å². The predicted molar refractivity (Wildman–Crippen MR) is 81.1 cm³/mol. The first-order chi connectivity index (χ1) is 9.92. The lowest BCUT2D eigenvalue weighted by Gasteiger charge is -2.17. The second-order valence-corrected chi connectivity index (χ2v) is 5.78. The molecule has 2 unspecified atom stereocenters. The number of benzene rings is 2. The molecule has 0 radical (unpaired) electrons. The summed E-state index contributed by atoms with van der Waals surface area (Å²) in [5.74, 6) is 2.42. The van der Waals surface area contributed by atoms with Crippen molar-refractivity contribution in [3.05, 3.63) is 54.1 Å². The van der Waals surface area contributed by atoms with Gasteiger partial charge in [0.15, 0.2) is 0 Å². The summed E-state index contributed by atoms with van der Waals surface area (Å²) >= 11 is 0. The summed E-state index contributed by atoms with van der Waals surface area (Å²) in [5.41, 5.74) is 3.96. The molecule has 2 aliphatic heterocycles. The van der Waals surface area contributed by atoms with E-state index in [9.17, 15) is 0 Å². The van der Waals surface area contributed by atoms with Gasteiger partial charge in [0.05, 0.1) is 6.61 Å². The first-order valence-corrected chi connectivity index (χ1v) is 7.45. The van der Waals surface area contributed by atoms with Gasteiger partial charge >= 0.3 is 0 Å². The Morgan fingerprint density at radius 1 is 0.950 bits per heavy atom. The number of nitrogens with one attached hydrogen (secondary N) is 1. The van der Waals surface area contributed by atoms with Gasteiger partial charge in [-0.1, -0.05) is 36.4 Å². The van der Waals surface area contributed by atoms with Crippen molar-refractivity contribution in [3.63, 3.8) is 0 Å². The van der Waals surface area contributed by atoms with Crippen molar-refractivity contribution in [2.24, 2.45) is 5.92 Å². The average Bonchev–Trinajstić information content (AvgIpc) is 2.90. The molecule has 2 aliphatic rings. The highest BCUT2D eigenvalue weighted by molar-refractivity contribution is 5.66. The maximum absolute atomic E-state index is 5.95. The number of hydrogen-bond donors (Lipinski definition) is 1. The lowest BCUT2D eigenvalue weighted by Crippen LogP contribution is -2.11. The van der Waals surface area contributed by atoms with E-state index in [2.05, 4.69) is 53.8 Å². The number of ether oxygens (including phenoxy) is 1. The molecule has 20 heavy (non-hydrogen) atoms. The molecular weight excluding hydrogens is 246 g/mol. The van der Waals surface area contributed by atoms with Crippen LogP contribution >= 0.6 is 0 Å². The minimum absolute atomic E-state index is 0.608. The lowest BCUT2D eigenvalue weighted by molar-refractivity contribution is 0.296. The van der Waals surface area contributed by atoms with Crippen LogP contribution in [0.2, 0.25) is 0 Å². The molecule has 2 atom stereocenters. The van der Waals surface area contributed by atoms with Crippen LogP contribution in [0.3, 0.4) is 0 Å². The van der Waals surface area contributed by atoms with Crippen LogP contribution in [-0.4, -0.2) is 19.7 Å². The van der Waals surface area contributed by atoms with Crippen molar-refractivity contribution in [3.8, 4) is 16.9 Å². The fourth-order valence-corrected chi connectivity index (χ4v) is 3.50. The van der Waals surface area contributed by atoms with Crippen molar-refractivity contribution >= 4 is 0 Å². The summed E-state index contributed by atoms with van der Waals surface area (Å²) in [4.78, 5) is 0. The van der Waals surface area contributed by atoms with Crippen LogP contribution in [0.4, 0.5) is 0 Å². The van der Waals surface area contributed by atoms with Crippen LogP contribution in [0, 0.1) is 5.92 Å². The van der Waals surface area contributed by atoms with Gasteiger partial charge in [0, 0.05) is 12.5 Å². The summed E-state index contributed by atoms with van der Waals surface area (Å²) in [7, 11) is 0. The number of rotatable bonds is 1. The van der Waals surface area contributed by atoms with E-state index in [0.29, 0.717) is 5.92 Å². The van der Waals surface area contributed by atoms with E-state index in [1.54, 1.807) is 0 Å². The van der Waals surface area contributed by atoms with E-state index in [1.807, 2.05) is 0 Å². The highest BCUT2D eigenvalue weighted by Gasteiger charge is 2.32. The smallest absolute Gasteiger partial charge is 0.122 e. The largest absolute Gasteiger partial charge is 0.493 e. The summed E-state index contributed by atoms with van der Waals surface area (Å²) in [6, 6.07) is 17.3. The van der Waals surface area contributed by atoms with Crippen molar-refractivity contribution < 1.29 is 4.74 Å². The fraction of sp³-hybridized carbons (Fsp3) is 0.333. The monoisotopic (exact) mass is 265 g/mol. The zero-order chi connectivity index (χ0) is 13.4. The molecule has 2 aromatic rings. The van der Waals surface area contributed by atoms with Gasteiger partial charge in [-0.05, 0) is 47.7 Å². The predicted octanol–water partition coefficient (Wildman–Crippen LogP) is 3.44.